The third-order valence-electron chi connectivity index (χ3n) is 5.71. The second-order valence-corrected chi connectivity index (χ2v) is 7.17. The average molecular weight is 346 g/mol. The Labute approximate surface area is 156 Å². The molecule has 6 aromatic rings. The fourth-order valence-corrected chi connectivity index (χ4v) is 4.40. The van der Waals surface area contributed by atoms with Crippen molar-refractivity contribution in [2.75, 3.05) is 0 Å². The molecule has 27 heavy (non-hydrogen) atoms. The van der Waals surface area contributed by atoms with Crippen LogP contribution in [0.1, 0.15) is 12.5 Å². The van der Waals surface area contributed by atoms with E-state index < -0.39 is 0 Å². The summed E-state index contributed by atoms with van der Waals surface area (Å²) in [6, 6.07) is 28.4. The number of aromatic nitrogens is 2. The molecule has 0 atom stereocenters. The summed E-state index contributed by atoms with van der Waals surface area (Å²) in [5.41, 5.74) is 5.82. The average Bonchev–Trinajstić information content (AvgIpc) is 3.13. The van der Waals surface area contributed by atoms with Crippen molar-refractivity contribution in [1.29, 1.82) is 0 Å². The Morgan fingerprint density at radius 2 is 1.59 bits per heavy atom. The van der Waals surface area contributed by atoms with Crippen LogP contribution in [0.3, 0.4) is 0 Å². The van der Waals surface area contributed by atoms with Gasteiger partial charge in [0.1, 0.15) is 5.65 Å². The number of benzene rings is 4. The minimum atomic E-state index is 1.03. The summed E-state index contributed by atoms with van der Waals surface area (Å²) in [5, 5.41) is 6.39. The summed E-state index contributed by atoms with van der Waals surface area (Å²) in [7, 11) is 0. The standard InChI is InChI=1S/C25H18N2/c1-2-16-11-14-22-20(15-16)24-18-8-4-3-7-17(18)12-13-19(24)25-26-21-9-5-6-10-23(21)27(22)25/h3-15H,2H2,1H3. The highest BCUT2D eigenvalue weighted by Crippen LogP contribution is 2.36. The first-order valence-electron chi connectivity index (χ1n) is 9.48. The SMILES string of the molecule is CCc1ccc2c(c1)c1c3ccccc3ccc1c1nc3ccccc3n21. The van der Waals surface area contributed by atoms with E-state index in [0.717, 1.165) is 23.1 Å². The predicted molar refractivity (Wildman–Crippen MR) is 115 cm³/mol. The van der Waals surface area contributed by atoms with Gasteiger partial charge in [-0.2, -0.15) is 0 Å². The van der Waals surface area contributed by atoms with Gasteiger partial charge in [0.2, 0.25) is 0 Å². The van der Waals surface area contributed by atoms with Gasteiger partial charge in [-0.05, 0) is 53.1 Å². The van der Waals surface area contributed by atoms with E-state index >= 15 is 0 Å². The zero-order chi connectivity index (χ0) is 18.0. The van der Waals surface area contributed by atoms with Gasteiger partial charge in [0, 0.05) is 16.2 Å². The van der Waals surface area contributed by atoms with E-state index in [1.165, 1.54) is 38.0 Å². The van der Waals surface area contributed by atoms with Crippen molar-refractivity contribution in [2.24, 2.45) is 0 Å². The number of fused-ring (bicyclic) bond motifs is 10. The fraction of sp³-hybridized carbons (Fsp3) is 0.0800. The van der Waals surface area contributed by atoms with Gasteiger partial charge in [-0.15, -0.1) is 0 Å². The quantitative estimate of drug-likeness (QED) is 0.310. The molecule has 0 radical (unpaired) electrons. The maximum atomic E-state index is 5.01. The predicted octanol–water partition coefficient (Wildman–Crippen LogP) is 6.51. The first-order chi connectivity index (χ1) is 13.3. The Hall–Kier alpha value is -3.39. The maximum Gasteiger partial charge on any atom is 0.146 e. The van der Waals surface area contributed by atoms with Crippen LogP contribution in [-0.2, 0) is 6.42 Å². The third-order valence-corrected chi connectivity index (χ3v) is 5.71. The molecule has 128 valence electrons. The Morgan fingerprint density at radius 3 is 2.52 bits per heavy atom. The summed E-state index contributed by atoms with van der Waals surface area (Å²) in [5.74, 6) is 0. The van der Waals surface area contributed by atoms with Crippen LogP contribution in [0.4, 0.5) is 0 Å². The van der Waals surface area contributed by atoms with Gasteiger partial charge in [0.25, 0.3) is 0 Å². The van der Waals surface area contributed by atoms with Crippen LogP contribution in [0.25, 0.3) is 49.1 Å². The van der Waals surface area contributed by atoms with Gasteiger partial charge in [-0.1, -0.05) is 55.5 Å². The lowest BCUT2D eigenvalue weighted by Crippen LogP contribution is -1.93. The second-order valence-electron chi connectivity index (χ2n) is 7.17. The van der Waals surface area contributed by atoms with Crippen LogP contribution in [0, 0.1) is 0 Å². The number of pyridine rings is 1. The minimum absolute atomic E-state index is 1.03. The maximum absolute atomic E-state index is 5.01. The number of hydrogen-bond donors (Lipinski definition) is 0. The second kappa shape index (κ2) is 5.31. The molecule has 2 heterocycles. The monoisotopic (exact) mass is 346 g/mol. The Kier molecular flexibility index (Phi) is 2.90. The lowest BCUT2D eigenvalue weighted by Gasteiger charge is -2.12. The van der Waals surface area contributed by atoms with E-state index in [2.05, 4.69) is 90.2 Å². The van der Waals surface area contributed by atoms with E-state index in [4.69, 9.17) is 4.98 Å². The summed E-state index contributed by atoms with van der Waals surface area (Å²) in [4.78, 5) is 5.01. The highest BCUT2D eigenvalue weighted by atomic mass is 15.0. The first-order valence-corrected chi connectivity index (χ1v) is 9.48. The third kappa shape index (κ3) is 1.93. The van der Waals surface area contributed by atoms with E-state index in [1.807, 2.05) is 0 Å². The molecule has 2 aromatic heterocycles. The van der Waals surface area contributed by atoms with Crippen molar-refractivity contribution < 1.29 is 0 Å². The largest absolute Gasteiger partial charge is 0.292 e. The Bertz CT molecular complexity index is 1510. The Morgan fingerprint density at radius 1 is 0.741 bits per heavy atom. The molecule has 0 bridgehead atoms. The molecule has 0 amide bonds. The molecule has 0 N–H and O–H groups in total. The zero-order valence-electron chi connectivity index (χ0n) is 15.1. The van der Waals surface area contributed by atoms with Crippen LogP contribution < -0.4 is 0 Å². The van der Waals surface area contributed by atoms with Crippen LogP contribution >= 0.6 is 0 Å². The highest BCUT2D eigenvalue weighted by molar-refractivity contribution is 6.24. The zero-order valence-corrected chi connectivity index (χ0v) is 15.1. The van der Waals surface area contributed by atoms with Crippen LogP contribution in [0.5, 0.6) is 0 Å². The molecule has 6 rings (SSSR count). The molecule has 0 saturated heterocycles. The van der Waals surface area contributed by atoms with Crippen molar-refractivity contribution >= 4 is 49.1 Å². The van der Waals surface area contributed by atoms with Crippen LogP contribution in [0.15, 0.2) is 78.9 Å². The molecule has 0 fully saturated rings. The molecule has 0 aliphatic rings. The highest BCUT2D eigenvalue weighted by Gasteiger charge is 2.15. The molecule has 0 spiro atoms. The summed E-state index contributed by atoms with van der Waals surface area (Å²) < 4.78 is 2.32. The number of para-hydroxylation sites is 2. The number of aryl methyl sites for hydroxylation is 1. The molecule has 0 aliphatic heterocycles. The van der Waals surface area contributed by atoms with Crippen molar-refractivity contribution in [3.63, 3.8) is 0 Å². The van der Waals surface area contributed by atoms with Crippen molar-refractivity contribution in [3.05, 3.63) is 84.4 Å². The van der Waals surface area contributed by atoms with Crippen LogP contribution in [0.2, 0.25) is 0 Å². The van der Waals surface area contributed by atoms with E-state index in [9.17, 15) is 0 Å². The number of nitrogens with zero attached hydrogens (tertiary/aromatic N) is 2. The molecule has 0 unspecified atom stereocenters. The van der Waals surface area contributed by atoms with E-state index in [-0.39, 0.29) is 0 Å². The van der Waals surface area contributed by atoms with Gasteiger partial charge in [0.15, 0.2) is 0 Å². The first kappa shape index (κ1) is 14.7. The van der Waals surface area contributed by atoms with Gasteiger partial charge in [-0.25, -0.2) is 4.98 Å². The van der Waals surface area contributed by atoms with Crippen molar-refractivity contribution in [2.45, 2.75) is 13.3 Å². The topological polar surface area (TPSA) is 17.3 Å². The molecule has 4 aromatic carbocycles. The summed E-state index contributed by atoms with van der Waals surface area (Å²) in [6.45, 7) is 2.21. The molecule has 0 saturated carbocycles. The molecular weight excluding hydrogens is 328 g/mol. The molecule has 2 heteroatoms. The van der Waals surface area contributed by atoms with Crippen molar-refractivity contribution in [3.8, 4) is 0 Å². The molecule has 0 aliphatic carbocycles. The summed E-state index contributed by atoms with van der Waals surface area (Å²) in [6.07, 6.45) is 1.03. The molecular formula is C25H18N2. The summed E-state index contributed by atoms with van der Waals surface area (Å²) >= 11 is 0. The lowest BCUT2D eigenvalue weighted by atomic mass is 9.97. The van der Waals surface area contributed by atoms with Crippen molar-refractivity contribution in [1.82, 2.24) is 9.38 Å². The lowest BCUT2D eigenvalue weighted by molar-refractivity contribution is 1.14. The van der Waals surface area contributed by atoms with Crippen LogP contribution in [-0.4, -0.2) is 9.38 Å². The number of imidazole rings is 1. The number of rotatable bonds is 1. The number of hydrogen-bond acceptors (Lipinski definition) is 1. The Balaban J connectivity index is 2.01. The van der Waals surface area contributed by atoms with Gasteiger partial charge in [-0.3, -0.25) is 4.40 Å². The smallest absolute Gasteiger partial charge is 0.146 e. The van der Waals surface area contributed by atoms with Gasteiger partial charge < -0.3 is 0 Å². The fourth-order valence-electron chi connectivity index (χ4n) is 4.40. The van der Waals surface area contributed by atoms with E-state index in [0.29, 0.717) is 0 Å². The van der Waals surface area contributed by atoms with Gasteiger partial charge in [0.05, 0.1) is 16.6 Å². The molecule has 2 nitrogen and oxygen atoms in total. The minimum Gasteiger partial charge on any atom is -0.292 e. The van der Waals surface area contributed by atoms with Gasteiger partial charge >= 0.3 is 0 Å². The van der Waals surface area contributed by atoms with E-state index in [1.54, 1.807) is 0 Å². The normalized spacial score (nSPS) is 12.0.